The molecule has 1 aromatic carbocycles. The monoisotopic (exact) mass is 325 g/mol. The average Bonchev–Trinajstić information content (AvgIpc) is 2.59. The van der Waals surface area contributed by atoms with Crippen molar-refractivity contribution in [2.45, 2.75) is 39.4 Å². The smallest absolute Gasteiger partial charge is 0.232 e. The van der Waals surface area contributed by atoms with E-state index in [2.05, 4.69) is 10.3 Å². The molecule has 0 saturated carbocycles. The third-order valence-corrected chi connectivity index (χ3v) is 3.69. The molecule has 0 aliphatic heterocycles. The molecule has 126 valence electrons. The third kappa shape index (κ3) is 5.50. The predicted octanol–water partition coefficient (Wildman–Crippen LogP) is 2.53. The quantitative estimate of drug-likeness (QED) is 0.796. The van der Waals surface area contributed by atoms with E-state index in [4.69, 9.17) is 0 Å². The Labute approximate surface area is 142 Å². The molecule has 0 saturated heterocycles. The van der Waals surface area contributed by atoms with Crippen molar-refractivity contribution in [1.82, 2.24) is 15.2 Å². The largest absolute Gasteiger partial charge is 0.352 e. The molecule has 0 unspecified atom stereocenters. The van der Waals surface area contributed by atoms with Gasteiger partial charge in [-0.2, -0.15) is 0 Å². The van der Waals surface area contributed by atoms with Crippen molar-refractivity contribution in [3.63, 3.8) is 0 Å². The van der Waals surface area contributed by atoms with E-state index in [1.807, 2.05) is 56.3 Å². The van der Waals surface area contributed by atoms with E-state index in [1.54, 1.807) is 17.3 Å². The fourth-order valence-corrected chi connectivity index (χ4v) is 2.34. The summed E-state index contributed by atoms with van der Waals surface area (Å²) in [4.78, 5) is 30.2. The minimum atomic E-state index is -0.268. The highest BCUT2D eigenvalue weighted by molar-refractivity contribution is 5.96. The van der Waals surface area contributed by atoms with Crippen molar-refractivity contribution in [3.8, 4) is 0 Å². The molecule has 2 amide bonds. The van der Waals surface area contributed by atoms with Crippen LogP contribution in [0.5, 0.6) is 0 Å². The van der Waals surface area contributed by atoms with Gasteiger partial charge in [0.2, 0.25) is 11.8 Å². The zero-order chi connectivity index (χ0) is 17.4. The zero-order valence-corrected chi connectivity index (χ0v) is 14.1. The van der Waals surface area contributed by atoms with Gasteiger partial charge in [0.15, 0.2) is 0 Å². The second-order valence-corrected chi connectivity index (χ2v) is 5.91. The van der Waals surface area contributed by atoms with Gasteiger partial charge < -0.3 is 10.2 Å². The summed E-state index contributed by atoms with van der Waals surface area (Å²) in [5.41, 5.74) is 2.01. The summed E-state index contributed by atoms with van der Waals surface area (Å²) in [5, 5.41) is 2.77. The summed E-state index contributed by atoms with van der Waals surface area (Å²) in [6.07, 6.45) is 3.20. The van der Waals surface area contributed by atoms with Crippen molar-refractivity contribution in [2.75, 3.05) is 0 Å². The van der Waals surface area contributed by atoms with E-state index >= 15 is 0 Å². The number of carbonyl (C=O) groups excluding carboxylic acids is 2. The number of carbonyl (C=O) groups is 2. The third-order valence-electron chi connectivity index (χ3n) is 3.69. The van der Waals surface area contributed by atoms with Crippen LogP contribution in [0.2, 0.25) is 0 Å². The Morgan fingerprint density at radius 2 is 1.71 bits per heavy atom. The molecule has 0 aliphatic rings. The van der Waals surface area contributed by atoms with Crippen LogP contribution in [-0.4, -0.2) is 27.7 Å². The molecule has 0 radical (unpaired) electrons. The summed E-state index contributed by atoms with van der Waals surface area (Å²) < 4.78 is 0. The number of nitrogens with one attached hydrogen (secondary N) is 1. The lowest BCUT2D eigenvalue weighted by Gasteiger charge is -2.26. The molecule has 0 fully saturated rings. The molecule has 0 bridgehead atoms. The van der Waals surface area contributed by atoms with Gasteiger partial charge in [0.25, 0.3) is 0 Å². The summed E-state index contributed by atoms with van der Waals surface area (Å²) in [7, 11) is 0. The maximum absolute atomic E-state index is 12.5. The first kappa shape index (κ1) is 17.7. The van der Waals surface area contributed by atoms with Crippen LogP contribution in [-0.2, 0) is 22.7 Å². The van der Waals surface area contributed by atoms with Gasteiger partial charge in [-0.05, 0) is 37.1 Å². The molecule has 5 heteroatoms. The van der Waals surface area contributed by atoms with E-state index in [0.29, 0.717) is 13.1 Å². The van der Waals surface area contributed by atoms with E-state index in [1.165, 1.54) is 0 Å². The van der Waals surface area contributed by atoms with Crippen molar-refractivity contribution >= 4 is 11.8 Å². The number of nitrogens with zero attached hydrogens (tertiary/aromatic N) is 2. The number of benzene rings is 1. The van der Waals surface area contributed by atoms with Gasteiger partial charge in [0, 0.05) is 31.5 Å². The van der Waals surface area contributed by atoms with Gasteiger partial charge in [-0.15, -0.1) is 0 Å². The van der Waals surface area contributed by atoms with Gasteiger partial charge in [-0.3, -0.25) is 14.6 Å². The Morgan fingerprint density at radius 1 is 1.04 bits per heavy atom. The number of hydrogen-bond donors (Lipinski definition) is 1. The molecule has 2 aromatic rings. The maximum atomic E-state index is 12.5. The first-order valence-electron chi connectivity index (χ1n) is 8.05. The van der Waals surface area contributed by atoms with E-state index in [0.717, 1.165) is 11.1 Å². The molecule has 1 aromatic heterocycles. The fourth-order valence-electron chi connectivity index (χ4n) is 2.34. The van der Waals surface area contributed by atoms with Crippen LogP contribution in [0.4, 0.5) is 0 Å². The van der Waals surface area contributed by atoms with E-state index in [9.17, 15) is 9.59 Å². The van der Waals surface area contributed by atoms with Gasteiger partial charge in [0.05, 0.1) is 0 Å². The summed E-state index contributed by atoms with van der Waals surface area (Å²) >= 11 is 0. The van der Waals surface area contributed by atoms with Crippen molar-refractivity contribution in [3.05, 3.63) is 66.0 Å². The van der Waals surface area contributed by atoms with Crippen molar-refractivity contribution in [1.29, 1.82) is 0 Å². The Bertz CT molecular complexity index is 657. The molecule has 2 rings (SSSR count). The number of aromatic nitrogens is 1. The van der Waals surface area contributed by atoms with Crippen LogP contribution >= 0.6 is 0 Å². The molecule has 0 aliphatic carbocycles. The first-order chi connectivity index (χ1) is 11.6. The normalized spacial score (nSPS) is 10.5. The molecule has 24 heavy (non-hydrogen) atoms. The average molecular weight is 325 g/mol. The minimum absolute atomic E-state index is 0.0331. The Balaban J connectivity index is 1.89. The minimum Gasteiger partial charge on any atom is -0.352 e. The summed E-state index contributed by atoms with van der Waals surface area (Å²) in [6, 6.07) is 13.5. The van der Waals surface area contributed by atoms with E-state index < -0.39 is 0 Å². The number of hydrogen-bond acceptors (Lipinski definition) is 3. The predicted molar refractivity (Wildman–Crippen MR) is 92.8 cm³/mol. The maximum Gasteiger partial charge on any atom is 0.232 e. The van der Waals surface area contributed by atoms with Crippen LogP contribution in [0.15, 0.2) is 54.9 Å². The molecule has 5 nitrogen and oxygen atoms in total. The molecule has 1 heterocycles. The SMILES string of the molecule is CC(C)N(Cc1ccccc1)C(=O)CC(=O)NCc1ccncc1. The van der Waals surface area contributed by atoms with Crippen LogP contribution in [0.3, 0.4) is 0 Å². The van der Waals surface area contributed by atoms with Crippen molar-refractivity contribution < 1.29 is 9.59 Å². The Morgan fingerprint density at radius 3 is 2.33 bits per heavy atom. The van der Waals surface area contributed by atoms with Gasteiger partial charge in [0.1, 0.15) is 6.42 Å². The van der Waals surface area contributed by atoms with Gasteiger partial charge >= 0.3 is 0 Å². The highest BCUT2D eigenvalue weighted by Gasteiger charge is 2.20. The van der Waals surface area contributed by atoms with E-state index in [-0.39, 0.29) is 24.3 Å². The molecule has 0 atom stereocenters. The van der Waals surface area contributed by atoms with Crippen LogP contribution in [0.1, 0.15) is 31.4 Å². The Hall–Kier alpha value is -2.69. The number of amides is 2. The molecular formula is C19H23N3O2. The second-order valence-electron chi connectivity index (χ2n) is 5.91. The highest BCUT2D eigenvalue weighted by Crippen LogP contribution is 2.10. The van der Waals surface area contributed by atoms with Crippen LogP contribution in [0.25, 0.3) is 0 Å². The van der Waals surface area contributed by atoms with Crippen LogP contribution in [0, 0.1) is 0 Å². The van der Waals surface area contributed by atoms with Crippen LogP contribution < -0.4 is 5.32 Å². The summed E-state index contributed by atoms with van der Waals surface area (Å²) in [5.74, 6) is -0.434. The lowest BCUT2D eigenvalue weighted by atomic mass is 10.1. The molecule has 1 N–H and O–H groups in total. The lowest BCUT2D eigenvalue weighted by molar-refractivity contribution is -0.138. The van der Waals surface area contributed by atoms with Gasteiger partial charge in [-0.25, -0.2) is 0 Å². The molecular weight excluding hydrogens is 302 g/mol. The van der Waals surface area contributed by atoms with Crippen molar-refractivity contribution in [2.24, 2.45) is 0 Å². The Kier molecular flexibility index (Phi) is 6.49. The zero-order valence-electron chi connectivity index (χ0n) is 14.1. The standard InChI is InChI=1S/C19H23N3O2/c1-15(2)22(14-17-6-4-3-5-7-17)19(24)12-18(23)21-13-16-8-10-20-11-9-16/h3-11,15H,12-14H2,1-2H3,(H,21,23). The summed E-state index contributed by atoms with van der Waals surface area (Å²) in [6.45, 7) is 4.81. The molecule has 0 spiro atoms. The second kappa shape index (κ2) is 8.82. The highest BCUT2D eigenvalue weighted by atomic mass is 16.2. The first-order valence-corrected chi connectivity index (χ1v) is 8.05. The number of rotatable bonds is 7. The fraction of sp³-hybridized carbons (Fsp3) is 0.316. The lowest BCUT2D eigenvalue weighted by Crippen LogP contribution is -2.39. The van der Waals surface area contributed by atoms with Gasteiger partial charge in [-0.1, -0.05) is 30.3 Å². The number of pyridine rings is 1. The topological polar surface area (TPSA) is 62.3 Å².